The zero-order valence-electron chi connectivity index (χ0n) is 20.4. The third kappa shape index (κ3) is 9.03. The molecule has 10 heteroatoms. The lowest BCUT2D eigenvalue weighted by Gasteiger charge is -2.36. The van der Waals surface area contributed by atoms with Crippen molar-refractivity contribution in [1.82, 2.24) is 10.4 Å². The number of unbranched alkanes of at least 4 members (excludes halogenated alkanes) is 3. The first kappa shape index (κ1) is 31.3. The van der Waals surface area contributed by atoms with Gasteiger partial charge in [0.15, 0.2) is 21.3 Å². The molecule has 198 valence electrons. The van der Waals surface area contributed by atoms with Gasteiger partial charge < -0.3 is 14.9 Å². The fourth-order valence-corrected chi connectivity index (χ4v) is 4.94. The number of nitrogens with zero attached hydrogens (tertiary/aromatic N) is 1. The quantitative estimate of drug-likeness (QED) is 0.201. The third-order valence-corrected chi connectivity index (χ3v) is 7.30. The minimum Gasteiger partial charge on any atom is -0.504 e. The molecule has 0 fully saturated rings. The number of hydrazine groups is 1. The molecule has 3 rings (SSSR count). The zero-order chi connectivity index (χ0) is 23.8. The summed E-state index contributed by atoms with van der Waals surface area (Å²) in [4.78, 5) is 0.281. The minimum absolute atomic E-state index is 0. The van der Waals surface area contributed by atoms with Crippen LogP contribution in [0.25, 0.3) is 0 Å². The molecule has 0 amide bonds. The van der Waals surface area contributed by atoms with E-state index in [1.165, 1.54) is 25.5 Å². The van der Waals surface area contributed by atoms with E-state index in [0.717, 1.165) is 43.4 Å². The number of aromatic hydroxyl groups is 2. The fraction of sp³-hybridized carbons (Fsp3) is 0.520. The molecule has 0 spiro atoms. The van der Waals surface area contributed by atoms with Crippen LogP contribution in [0.5, 0.6) is 17.2 Å². The largest absolute Gasteiger partial charge is 0.504 e. The van der Waals surface area contributed by atoms with Gasteiger partial charge >= 0.3 is 0 Å². The maximum absolute atomic E-state index is 11.6. The van der Waals surface area contributed by atoms with Crippen LogP contribution >= 0.6 is 24.8 Å². The molecule has 1 aliphatic carbocycles. The Balaban J connectivity index is 0.00000306. The van der Waals surface area contributed by atoms with Gasteiger partial charge in [0.1, 0.15) is 12.4 Å². The van der Waals surface area contributed by atoms with Crippen LogP contribution in [0.15, 0.2) is 41.3 Å². The Morgan fingerprint density at radius 3 is 2.43 bits per heavy atom. The van der Waals surface area contributed by atoms with Crippen molar-refractivity contribution in [2.45, 2.75) is 62.8 Å². The van der Waals surface area contributed by atoms with Crippen LogP contribution in [-0.4, -0.2) is 55.6 Å². The van der Waals surface area contributed by atoms with Crippen molar-refractivity contribution in [2.24, 2.45) is 0 Å². The Hall–Kier alpha value is -1.71. The van der Waals surface area contributed by atoms with E-state index in [1.54, 1.807) is 30.3 Å². The number of phenols is 2. The molecule has 1 atom stereocenters. The molecular formula is C25H38Cl2N2O5S. The zero-order valence-corrected chi connectivity index (χ0v) is 22.9. The molecule has 0 aromatic heterocycles. The van der Waals surface area contributed by atoms with Crippen LogP contribution in [0.4, 0.5) is 0 Å². The molecule has 1 unspecified atom stereocenters. The van der Waals surface area contributed by atoms with Gasteiger partial charge in [0.2, 0.25) is 0 Å². The van der Waals surface area contributed by atoms with E-state index < -0.39 is 9.84 Å². The number of fused-ring (bicyclic) bond motifs is 1. The lowest BCUT2D eigenvalue weighted by Crippen LogP contribution is -2.49. The van der Waals surface area contributed by atoms with E-state index in [4.69, 9.17) is 4.74 Å². The van der Waals surface area contributed by atoms with Crippen LogP contribution in [-0.2, 0) is 22.7 Å². The Morgan fingerprint density at radius 2 is 1.77 bits per heavy atom. The number of ether oxygens (including phenoxy) is 1. The summed E-state index contributed by atoms with van der Waals surface area (Å²) in [6.45, 7) is 4.23. The summed E-state index contributed by atoms with van der Waals surface area (Å²) in [7, 11) is -3.21. The summed E-state index contributed by atoms with van der Waals surface area (Å²) in [5.74, 6) is 0.604. The van der Waals surface area contributed by atoms with Crippen molar-refractivity contribution in [1.29, 1.82) is 0 Å². The van der Waals surface area contributed by atoms with Gasteiger partial charge in [-0.25, -0.2) is 13.4 Å². The van der Waals surface area contributed by atoms with E-state index in [2.05, 4.69) is 17.4 Å². The molecule has 2 aromatic carbocycles. The third-order valence-electron chi connectivity index (χ3n) is 6.17. The van der Waals surface area contributed by atoms with Crippen LogP contribution in [0.3, 0.4) is 0 Å². The van der Waals surface area contributed by atoms with E-state index in [-0.39, 0.29) is 41.2 Å². The number of rotatable bonds is 12. The van der Waals surface area contributed by atoms with E-state index in [0.29, 0.717) is 24.9 Å². The number of phenolic OH excluding ortho intramolecular Hbond substituents is 2. The van der Waals surface area contributed by atoms with Crippen molar-refractivity contribution in [3.63, 3.8) is 0 Å². The minimum atomic E-state index is -3.21. The summed E-state index contributed by atoms with van der Waals surface area (Å²) in [5.41, 5.74) is 5.48. The van der Waals surface area contributed by atoms with Crippen LogP contribution in [0.1, 0.15) is 50.2 Å². The molecule has 0 bridgehead atoms. The highest BCUT2D eigenvalue weighted by Crippen LogP contribution is 2.36. The van der Waals surface area contributed by atoms with Gasteiger partial charge in [0, 0.05) is 31.0 Å². The van der Waals surface area contributed by atoms with Crippen LogP contribution < -0.4 is 10.2 Å². The summed E-state index contributed by atoms with van der Waals surface area (Å²) < 4.78 is 29.0. The van der Waals surface area contributed by atoms with Gasteiger partial charge in [-0.15, -0.1) is 24.8 Å². The summed E-state index contributed by atoms with van der Waals surface area (Å²) in [6, 6.07) is 10.3. The molecular weight excluding hydrogens is 511 g/mol. The van der Waals surface area contributed by atoms with Crippen LogP contribution in [0, 0.1) is 0 Å². The number of hydrogen-bond donors (Lipinski definition) is 3. The number of sulfone groups is 1. The number of hydrogen-bond acceptors (Lipinski definition) is 7. The average molecular weight is 550 g/mol. The van der Waals surface area contributed by atoms with Crippen molar-refractivity contribution >= 4 is 34.7 Å². The van der Waals surface area contributed by atoms with Gasteiger partial charge in [-0.2, -0.15) is 0 Å². The Bertz CT molecular complexity index is 1020. The van der Waals surface area contributed by atoms with Crippen LogP contribution in [0.2, 0.25) is 0 Å². The van der Waals surface area contributed by atoms with Gasteiger partial charge in [-0.05, 0) is 61.6 Å². The highest BCUT2D eigenvalue weighted by molar-refractivity contribution is 7.90. The molecule has 35 heavy (non-hydrogen) atoms. The lowest BCUT2D eigenvalue weighted by molar-refractivity contribution is 0.0999. The van der Waals surface area contributed by atoms with Gasteiger partial charge in [-0.3, -0.25) is 5.43 Å². The monoisotopic (exact) mass is 548 g/mol. The standard InChI is InChI=1S/C25H36N2O5S.2ClH/c1-3-4-5-6-16-27(20-8-13-23-19(18-20)7-14-24(28)25(23)29)26-15-17-32-21-9-11-22(12-10-21)33(2,30)31;;/h7,9-12,14,20,26,28-29H,3-6,8,13,15-18H2,1-2H3;2*1H. The van der Waals surface area contributed by atoms with Crippen molar-refractivity contribution in [3.05, 3.63) is 47.5 Å². The second-order valence-corrected chi connectivity index (χ2v) is 10.7. The Labute approximate surface area is 221 Å². The molecule has 0 saturated heterocycles. The number of benzene rings is 2. The summed E-state index contributed by atoms with van der Waals surface area (Å²) in [5, 5.41) is 22.3. The number of halogens is 2. The first-order valence-corrected chi connectivity index (χ1v) is 13.6. The smallest absolute Gasteiger partial charge is 0.175 e. The summed E-state index contributed by atoms with van der Waals surface area (Å²) in [6.07, 6.45) is 8.36. The fourth-order valence-electron chi connectivity index (χ4n) is 4.31. The van der Waals surface area contributed by atoms with Crippen molar-refractivity contribution in [2.75, 3.05) is 26.0 Å². The second kappa shape index (κ2) is 14.8. The highest BCUT2D eigenvalue weighted by atomic mass is 35.5. The second-order valence-electron chi connectivity index (χ2n) is 8.72. The molecule has 3 N–H and O–H groups in total. The lowest BCUT2D eigenvalue weighted by atomic mass is 9.87. The average Bonchev–Trinajstić information content (AvgIpc) is 2.80. The van der Waals surface area contributed by atoms with Gasteiger partial charge in [0.05, 0.1) is 4.90 Å². The molecule has 7 nitrogen and oxygen atoms in total. The highest BCUT2D eigenvalue weighted by Gasteiger charge is 2.26. The maximum atomic E-state index is 11.6. The first-order chi connectivity index (χ1) is 15.8. The molecule has 1 aliphatic rings. The topological polar surface area (TPSA) is 99.1 Å². The van der Waals surface area contributed by atoms with Crippen molar-refractivity contribution < 1.29 is 23.4 Å². The first-order valence-electron chi connectivity index (χ1n) is 11.8. The van der Waals surface area contributed by atoms with E-state index >= 15 is 0 Å². The molecule has 0 heterocycles. The SMILES string of the molecule is CCCCCCN(NCCOc1ccc(S(C)(=O)=O)cc1)C1CCc2c(ccc(O)c2O)C1.Cl.Cl. The predicted molar refractivity (Wildman–Crippen MR) is 144 cm³/mol. The normalized spacial score (nSPS) is 15.1. The predicted octanol–water partition coefficient (Wildman–Crippen LogP) is 4.67. The molecule has 0 radical (unpaired) electrons. The van der Waals surface area contributed by atoms with E-state index in [9.17, 15) is 18.6 Å². The van der Waals surface area contributed by atoms with Gasteiger partial charge in [0.25, 0.3) is 0 Å². The summed E-state index contributed by atoms with van der Waals surface area (Å²) >= 11 is 0. The molecule has 2 aromatic rings. The van der Waals surface area contributed by atoms with Crippen molar-refractivity contribution in [3.8, 4) is 17.2 Å². The number of nitrogens with one attached hydrogen (secondary N) is 1. The Morgan fingerprint density at radius 1 is 1.06 bits per heavy atom. The molecule has 0 saturated carbocycles. The Kier molecular flexibility index (Phi) is 13.2. The van der Waals surface area contributed by atoms with Gasteiger partial charge in [-0.1, -0.05) is 32.3 Å². The maximum Gasteiger partial charge on any atom is 0.175 e. The molecule has 0 aliphatic heterocycles. The van der Waals surface area contributed by atoms with E-state index in [1.807, 2.05) is 6.07 Å².